The highest BCUT2D eigenvalue weighted by Crippen LogP contribution is 2.44. The second-order valence-electron chi connectivity index (χ2n) is 9.23. The molecule has 3 atom stereocenters. The van der Waals surface area contributed by atoms with Gasteiger partial charge in [0.05, 0.1) is 12.5 Å². The number of carboxylic acid groups (broad SMARTS) is 1. The van der Waals surface area contributed by atoms with Gasteiger partial charge in [0.2, 0.25) is 5.91 Å². The predicted octanol–water partition coefficient (Wildman–Crippen LogP) is 3.69. The minimum absolute atomic E-state index is 0.00200. The van der Waals surface area contributed by atoms with E-state index in [4.69, 9.17) is 14.6 Å². The highest BCUT2D eigenvalue weighted by atomic mass is 16.5. The van der Waals surface area contributed by atoms with Gasteiger partial charge in [-0.3, -0.25) is 9.59 Å². The molecule has 186 valence electrons. The summed E-state index contributed by atoms with van der Waals surface area (Å²) in [5.74, 6) is -1.15. The molecule has 2 amide bonds. The van der Waals surface area contributed by atoms with Crippen molar-refractivity contribution >= 4 is 18.0 Å². The van der Waals surface area contributed by atoms with Crippen LogP contribution in [-0.2, 0) is 19.1 Å². The van der Waals surface area contributed by atoms with E-state index in [1.165, 1.54) is 18.2 Å². The Balaban J connectivity index is 1.27. The van der Waals surface area contributed by atoms with Gasteiger partial charge in [-0.15, -0.1) is 0 Å². The summed E-state index contributed by atoms with van der Waals surface area (Å²) in [6, 6.07) is 16.3. The van der Waals surface area contributed by atoms with Gasteiger partial charge in [0, 0.05) is 32.0 Å². The molecule has 3 unspecified atom stereocenters. The third kappa shape index (κ3) is 6.00. The zero-order chi connectivity index (χ0) is 24.8. The highest BCUT2D eigenvalue weighted by Gasteiger charge is 2.32. The minimum Gasteiger partial charge on any atom is -0.481 e. The number of alkyl carbamates (subject to hydrolysis) is 1. The first-order chi connectivity index (χ1) is 17.0. The zero-order valence-electron chi connectivity index (χ0n) is 19.9. The van der Waals surface area contributed by atoms with Crippen molar-refractivity contribution in [3.05, 3.63) is 59.7 Å². The molecule has 3 N–H and O–H groups in total. The molecule has 35 heavy (non-hydrogen) atoms. The maximum atomic E-state index is 12.7. The Morgan fingerprint density at radius 3 is 2.31 bits per heavy atom. The van der Waals surface area contributed by atoms with Gasteiger partial charge in [0.25, 0.3) is 0 Å². The minimum atomic E-state index is -0.978. The molecule has 1 saturated carbocycles. The van der Waals surface area contributed by atoms with E-state index < -0.39 is 18.2 Å². The van der Waals surface area contributed by atoms with E-state index in [1.54, 1.807) is 0 Å². The number of methoxy groups -OCH3 is 1. The van der Waals surface area contributed by atoms with Crippen molar-refractivity contribution in [2.45, 2.75) is 50.2 Å². The van der Waals surface area contributed by atoms with Gasteiger partial charge in [0.15, 0.2) is 0 Å². The molecule has 8 nitrogen and oxygen atoms in total. The molecule has 0 radical (unpaired) electrons. The Bertz CT molecular complexity index is 1030. The van der Waals surface area contributed by atoms with Crippen molar-refractivity contribution in [2.24, 2.45) is 5.92 Å². The van der Waals surface area contributed by atoms with Crippen LogP contribution in [0.4, 0.5) is 4.79 Å². The molecule has 0 heterocycles. The lowest BCUT2D eigenvalue weighted by molar-refractivity contribution is -0.140. The fourth-order valence-electron chi connectivity index (χ4n) is 5.23. The van der Waals surface area contributed by atoms with Crippen LogP contribution in [0.3, 0.4) is 0 Å². The van der Waals surface area contributed by atoms with Crippen LogP contribution >= 0.6 is 0 Å². The monoisotopic (exact) mass is 480 g/mol. The third-order valence-electron chi connectivity index (χ3n) is 7.02. The summed E-state index contributed by atoms with van der Waals surface area (Å²) in [5.41, 5.74) is 4.68. The van der Waals surface area contributed by atoms with Crippen LogP contribution in [0.15, 0.2) is 48.5 Å². The Morgan fingerprint density at radius 1 is 1.03 bits per heavy atom. The van der Waals surface area contributed by atoms with Gasteiger partial charge in [-0.25, -0.2) is 4.79 Å². The van der Waals surface area contributed by atoms with Crippen LogP contribution in [0.5, 0.6) is 0 Å². The summed E-state index contributed by atoms with van der Waals surface area (Å²) in [6.45, 7) is 0.387. The second kappa shape index (κ2) is 11.4. The van der Waals surface area contributed by atoms with Crippen LogP contribution in [0.2, 0.25) is 0 Å². The summed E-state index contributed by atoms with van der Waals surface area (Å²) in [4.78, 5) is 35.9. The molecule has 8 heteroatoms. The number of rotatable bonds is 10. The van der Waals surface area contributed by atoms with Crippen molar-refractivity contribution in [1.29, 1.82) is 0 Å². The number of hydrogen-bond acceptors (Lipinski definition) is 5. The predicted molar refractivity (Wildman–Crippen MR) is 130 cm³/mol. The number of carbonyl (C=O) groups excluding carboxylic acids is 2. The number of carbonyl (C=O) groups is 3. The molecule has 2 aliphatic carbocycles. The smallest absolute Gasteiger partial charge is 0.407 e. The van der Waals surface area contributed by atoms with Gasteiger partial charge >= 0.3 is 12.1 Å². The van der Waals surface area contributed by atoms with E-state index >= 15 is 0 Å². The number of nitrogens with one attached hydrogen (secondary N) is 2. The number of hydrogen-bond donors (Lipinski definition) is 3. The Labute approximate surface area is 205 Å². The van der Waals surface area contributed by atoms with Gasteiger partial charge in [-0.2, -0.15) is 0 Å². The first-order valence-electron chi connectivity index (χ1n) is 12.1. The Hall–Kier alpha value is -3.39. The maximum Gasteiger partial charge on any atom is 0.407 e. The van der Waals surface area contributed by atoms with Crippen molar-refractivity contribution in [2.75, 3.05) is 20.3 Å². The van der Waals surface area contributed by atoms with E-state index in [-0.39, 0.29) is 49.8 Å². The number of benzene rings is 2. The van der Waals surface area contributed by atoms with Crippen LogP contribution in [0, 0.1) is 5.92 Å². The first kappa shape index (κ1) is 24.7. The van der Waals surface area contributed by atoms with Gasteiger partial charge < -0.3 is 25.2 Å². The van der Waals surface area contributed by atoms with Gasteiger partial charge in [0.1, 0.15) is 6.61 Å². The van der Waals surface area contributed by atoms with Crippen molar-refractivity contribution in [3.8, 4) is 11.1 Å². The lowest BCUT2D eigenvalue weighted by Crippen LogP contribution is -2.41. The molecular formula is C27H32N2O6. The van der Waals surface area contributed by atoms with E-state index in [0.29, 0.717) is 0 Å². The topological polar surface area (TPSA) is 114 Å². The van der Waals surface area contributed by atoms with Crippen LogP contribution < -0.4 is 10.6 Å². The standard InChI is InChI=1S/C27H32N2O6/c1-34-18(14-26(31)32)15-28-25(30)13-17-7-6-12-24(17)29-27(33)35-16-23-21-10-4-2-8-19(21)20-9-3-5-11-22(20)23/h2-5,8-11,17-18,23-24H,6-7,12-16H2,1H3,(H,28,30)(H,29,33)(H,31,32). The summed E-state index contributed by atoms with van der Waals surface area (Å²) in [7, 11) is 1.42. The van der Waals surface area contributed by atoms with Crippen molar-refractivity contribution in [1.82, 2.24) is 10.6 Å². The zero-order valence-corrected chi connectivity index (χ0v) is 19.9. The van der Waals surface area contributed by atoms with E-state index in [9.17, 15) is 14.4 Å². The molecule has 0 aromatic heterocycles. The van der Waals surface area contributed by atoms with Gasteiger partial charge in [-0.1, -0.05) is 55.0 Å². The average Bonchev–Trinajstić information content (AvgIpc) is 3.41. The largest absolute Gasteiger partial charge is 0.481 e. The third-order valence-corrected chi connectivity index (χ3v) is 7.02. The molecule has 0 aliphatic heterocycles. The number of ether oxygens (including phenoxy) is 2. The molecule has 0 spiro atoms. The number of fused-ring (bicyclic) bond motifs is 3. The van der Waals surface area contributed by atoms with E-state index in [1.807, 2.05) is 24.3 Å². The van der Waals surface area contributed by atoms with E-state index in [0.717, 1.165) is 30.4 Å². The molecule has 0 bridgehead atoms. The molecular weight excluding hydrogens is 448 g/mol. The highest BCUT2D eigenvalue weighted by molar-refractivity contribution is 5.79. The average molecular weight is 481 g/mol. The first-order valence-corrected chi connectivity index (χ1v) is 12.1. The van der Waals surface area contributed by atoms with E-state index in [2.05, 4.69) is 34.9 Å². The fourth-order valence-corrected chi connectivity index (χ4v) is 5.23. The Kier molecular flexibility index (Phi) is 8.02. The molecule has 1 fully saturated rings. The lowest BCUT2D eigenvalue weighted by atomic mass is 9.98. The lowest BCUT2D eigenvalue weighted by Gasteiger charge is -2.22. The van der Waals surface area contributed by atoms with Crippen molar-refractivity contribution < 1.29 is 29.0 Å². The summed E-state index contributed by atoms with van der Waals surface area (Å²) in [5, 5.41) is 14.6. The Morgan fingerprint density at radius 2 is 1.69 bits per heavy atom. The van der Waals surface area contributed by atoms with Crippen LogP contribution in [0.25, 0.3) is 11.1 Å². The summed E-state index contributed by atoms with van der Waals surface area (Å²) < 4.78 is 10.8. The van der Waals surface area contributed by atoms with Gasteiger partial charge in [-0.05, 0) is 41.0 Å². The number of amides is 2. The number of aliphatic carboxylic acids is 1. The maximum absolute atomic E-state index is 12.7. The molecule has 2 aromatic carbocycles. The molecule has 2 aliphatic rings. The van der Waals surface area contributed by atoms with Crippen LogP contribution in [0.1, 0.15) is 49.1 Å². The molecule has 2 aromatic rings. The summed E-state index contributed by atoms with van der Waals surface area (Å²) >= 11 is 0. The summed E-state index contributed by atoms with van der Waals surface area (Å²) in [6.07, 6.45) is 1.60. The SMILES string of the molecule is COC(CNC(=O)CC1CCCC1NC(=O)OCC1c2ccccc2-c2ccccc21)CC(=O)O. The second-order valence-corrected chi connectivity index (χ2v) is 9.23. The van der Waals surface area contributed by atoms with Crippen molar-refractivity contribution in [3.63, 3.8) is 0 Å². The quantitative estimate of drug-likeness (QED) is 0.478. The molecule has 0 saturated heterocycles. The fraction of sp³-hybridized carbons (Fsp3) is 0.444. The normalized spacial score (nSPS) is 19.5. The number of carboxylic acids is 1. The van der Waals surface area contributed by atoms with Crippen LogP contribution in [-0.4, -0.2) is 55.5 Å². The molecule has 4 rings (SSSR count).